The summed E-state index contributed by atoms with van der Waals surface area (Å²) in [6.07, 6.45) is 0. The third kappa shape index (κ3) is 3.24. The predicted octanol–water partition coefficient (Wildman–Crippen LogP) is 3.30. The van der Waals surface area contributed by atoms with Gasteiger partial charge in [-0.15, -0.1) is 11.3 Å². The van der Waals surface area contributed by atoms with Crippen molar-refractivity contribution in [3.05, 3.63) is 46.5 Å². The standard InChI is InChI=1S/C16H14N2O4S/c1-9-7-13(18-22-9)17-14(19)8-21-16(20)15-10(2)11-5-3-4-6-12(11)23-15/h3-7H,8H2,1-2H3,(H,17,18,19). The van der Waals surface area contributed by atoms with E-state index in [1.165, 1.54) is 11.3 Å². The van der Waals surface area contributed by atoms with Gasteiger partial charge < -0.3 is 14.6 Å². The number of rotatable bonds is 4. The van der Waals surface area contributed by atoms with Gasteiger partial charge in [0.1, 0.15) is 10.6 Å². The van der Waals surface area contributed by atoms with Crippen LogP contribution in [0.25, 0.3) is 10.1 Å². The summed E-state index contributed by atoms with van der Waals surface area (Å²) < 4.78 is 10.9. The lowest BCUT2D eigenvalue weighted by Gasteiger charge is -2.03. The van der Waals surface area contributed by atoms with Crippen LogP contribution in [0.1, 0.15) is 21.0 Å². The lowest BCUT2D eigenvalue weighted by molar-refractivity contribution is -0.119. The molecule has 0 atom stereocenters. The van der Waals surface area contributed by atoms with Crippen LogP contribution in [-0.2, 0) is 9.53 Å². The molecule has 2 aromatic heterocycles. The lowest BCUT2D eigenvalue weighted by Crippen LogP contribution is -2.21. The monoisotopic (exact) mass is 330 g/mol. The Kier molecular flexibility index (Phi) is 4.12. The van der Waals surface area contributed by atoms with E-state index in [2.05, 4.69) is 10.5 Å². The van der Waals surface area contributed by atoms with Crippen LogP contribution in [0.15, 0.2) is 34.9 Å². The molecule has 23 heavy (non-hydrogen) atoms. The van der Waals surface area contributed by atoms with E-state index < -0.39 is 11.9 Å². The number of hydrogen-bond acceptors (Lipinski definition) is 6. The number of aryl methyl sites for hydroxylation is 2. The molecular formula is C16H14N2O4S. The fourth-order valence-corrected chi connectivity index (χ4v) is 3.27. The molecule has 1 aromatic carbocycles. The summed E-state index contributed by atoms with van der Waals surface area (Å²) in [7, 11) is 0. The molecule has 0 aliphatic heterocycles. The summed E-state index contributed by atoms with van der Waals surface area (Å²) in [5.41, 5.74) is 0.864. The average molecular weight is 330 g/mol. The van der Waals surface area contributed by atoms with E-state index in [1.807, 2.05) is 31.2 Å². The van der Waals surface area contributed by atoms with E-state index in [0.717, 1.165) is 15.6 Å². The van der Waals surface area contributed by atoms with E-state index in [1.54, 1.807) is 13.0 Å². The molecule has 118 valence electrons. The van der Waals surface area contributed by atoms with Crippen LogP contribution in [0.3, 0.4) is 0 Å². The molecule has 1 N–H and O–H groups in total. The number of nitrogens with zero attached hydrogens (tertiary/aromatic N) is 1. The van der Waals surface area contributed by atoms with Gasteiger partial charge >= 0.3 is 5.97 Å². The molecular weight excluding hydrogens is 316 g/mol. The highest BCUT2D eigenvalue weighted by Gasteiger charge is 2.18. The van der Waals surface area contributed by atoms with Crippen LogP contribution in [0, 0.1) is 13.8 Å². The first-order valence-electron chi connectivity index (χ1n) is 6.93. The minimum Gasteiger partial charge on any atom is -0.451 e. The number of fused-ring (bicyclic) bond motifs is 1. The zero-order chi connectivity index (χ0) is 16.4. The lowest BCUT2D eigenvalue weighted by atomic mass is 10.1. The summed E-state index contributed by atoms with van der Waals surface area (Å²) in [6.45, 7) is 3.21. The number of hydrogen-bond donors (Lipinski definition) is 1. The van der Waals surface area contributed by atoms with Gasteiger partial charge in [0.05, 0.1) is 0 Å². The Balaban J connectivity index is 1.64. The maximum Gasteiger partial charge on any atom is 0.349 e. The molecule has 3 aromatic rings. The van der Waals surface area contributed by atoms with Gasteiger partial charge in [0.2, 0.25) is 0 Å². The highest BCUT2D eigenvalue weighted by molar-refractivity contribution is 7.21. The van der Waals surface area contributed by atoms with Crippen LogP contribution in [-0.4, -0.2) is 23.6 Å². The first-order valence-corrected chi connectivity index (χ1v) is 7.74. The number of benzene rings is 1. The first kappa shape index (κ1) is 15.2. The van der Waals surface area contributed by atoms with Gasteiger partial charge in [-0.05, 0) is 30.9 Å². The third-order valence-electron chi connectivity index (χ3n) is 3.26. The summed E-state index contributed by atoms with van der Waals surface area (Å²) in [4.78, 5) is 24.4. The fourth-order valence-electron chi connectivity index (χ4n) is 2.17. The zero-order valence-corrected chi connectivity index (χ0v) is 13.4. The third-order valence-corrected chi connectivity index (χ3v) is 4.51. The average Bonchev–Trinajstić information content (AvgIpc) is 3.09. The Labute approximate surface area is 136 Å². The molecule has 0 aliphatic rings. The number of thiophene rings is 1. The topological polar surface area (TPSA) is 81.4 Å². The maximum absolute atomic E-state index is 12.2. The second-order valence-electron chi connectivity index (χ2n) is 5.00. The molecule has 0 bridgehead atoms. The molecule has 0 spiro atoms. The second kappa shape index (κ2) is 6.21. The Morgan fingerprint density at radius 1 is 1.30 bits per heavy atom. The molecule has 0 radical (unpaired) electrons. The van der Waals surface area contributed by atoms with Crippen LogP contribution >= 0.6 is 11.3 Å². The molecule has 0 saturated carbocycles. The van der Waals surface area contributed by atoms with Crippen molar-refractivity contribution in [3.8, 4) is 0 Å². The van der Waals surface area contributed by atoms with E-state index in [-0.39, 0.29) is 6.61 Å². The number of carbonyl (C=O) groups is 2. The van der Waals surface area contributed by atoms with Gasteiger partial charge in [-0.2, -0.15) is 0 Å². The molecule has 0 fully saturated rings. The van der Waals surface area contributed by atoms with E-state index in [4.69, 9.17) is 9.26 Å². The van der Waals surface area contributed by atoms with Gasteiger partial charge in [0.25, 0.3) is 5.91 Å². The number of aromatic nitrogens is 1. The smallest absolute Gasteiger partial charge is 0.349 e. The van der Waals surface area contributed by atoms with Crippen LogP contribution in [0.5, 0.6) is 0 Å². The van der Waals surface area contributed by atoms with Crippen molar-refractivity contribution in [2.24, 2.45) is 0 Å². The number of anilines is 1. The fraction of sp³-hybridized carbons (Fsp3) is 0.188. The number of carbonyl (C=O) groups excluding carboxylic acids is 2. The second-order valence-corrected chi connectivity index (χ2v) is 6.05. The number of nitrogens with one attached hydrogen (secondary N) is 1. The Morgan fingerprint density at radius 2 is 2.09 bits per heavy atom. The Hall–Kier alpha value is -2.67. The summed E-state index contributed by atoms with van der Waals surface area (Å²) >= 11 is 1.36. The Morgan fingerprint density at radius 3 is 2.78 bits per heavy atom. The van der Waals surface area contributed by atoms with Crippen LogP contribution < -0.4 is 5.32 Å². The van der Waals surface area contributed by atoms with Crippen molar-refractivity contribution in [2.75, 3.05) is 11.9 Å². The number of esters is 1. The van der Waals surface area contributed by atoms with Crippen molar-refractivity contribution in [3.63, 3.8) is 0 Å². The molecule has 0 saturated heterocycles. The van der Waals surface area contributed by atoms with E-state index in [9.17, 15) is 9.59 Å². The minimum absolute atomic E-state index is 0.293. The predicted molar refractivity (Wildman–Crippen MR) is 86.7 cm³/mol. The van der Waals surface area contributed by atoms with Gasteiger partial charge in [0.15, 0.2) is 12.4 Å². The Bertz CT molecular complexity index is 881. The molecule has 1 amide bonds. The molecule has 2 heterocycles. The van der Waals surface area contributed by atoms with Crippen molar-refractivity contribution < 1.29 is 18.8 Å². The first-order chi connectivity index (χ1) is 11.0. The molecule has 7 heteroatoms. The normalized spacial score (nSPS) is 10.7. The number of amides is 1. The molecule has 0 unspecified atom stereocenters. The minimum atomic E-state index is -0.504. The van der Waals surface area contributed by atoms with Crippen molar-refractivity contribution in [1.82, 2.24) is 5.16 Å². The van der Waals surface area contributed by atoms with Crippen molar-refractivity contribution >= 4 is 39.1 Å². The molecule has 6 nitrogen and oxygen atoms in total. The largest absolute Gasteiger partial charge is 0.451 e. The van der Waals surface area contributed by atoms with E-state index in [0.29, 0.717) is 16.5 Å². The van der Waals surface area contributed by atoms with Crippen LogP contribution in [0.4, 0.5) is 5.82 Å². The van der Waals surface area contributed by atoms with E-state index >= 15 is 0 Å². The highest BCUT2D eigenvalue weighted by atomic mass is 32.1. The maximum atomic E-state index is 12.2. The van der Waals surface area contributed by atoms with Crippen molar-refractivity contribution in [1.29, 1.82) is 0 Å². The summed E-state index contributed by atoms with van der Waals surface area (Å²) in [5.74, 6) is -0.0969. The molecule has 3 rings (SSSR count). The van der Waals surface area contributed by atoms with Gasteiger partial charge in [0, 0.05) is 10.8 Å². The van der Waals surface area contributed by atoms with Gasteiger partial charge in [-0.1, -0.05) is 23.4 Å². The SMILES string of the molecule is Cc1cc(NC(=O)COC(=O)c2sc3ccccc3c2C)no1. The highest BCUT2D eigenvalue weighted by Crippen LogP contribution is 2.30. The van der Waals surface area contributed by atoms with Gasteiger partial charge in [-0.3, -0.25) is 4.79 Å². The summed E-state index contributed by atoms with van der Waals surface area (Å²) in [6, 6.07) is 9.32. The molecule has 0 aliphatic carbocycles. The number of ether oxygens (including phenoxy) is 1. The summed E-state index contributed by atoms with van der Waals surface area (Å²) in [5, 5.41) is 7.15. The van der Waals surface area contributed by atoms with Crippen molar-refractivity contribution in [2.45, 2.75) is 13.8 Å². The van der Waals surface area contributed by atoms with Crippen LogP contribution in [0.2, 0.25) is 0 Å². The quantitative estimate of drug-likeness (QED) is 0.742. The zero-order valence-electron chi connectivity index (χ0n) is 12.6. The van der Waals surface area contributed by atoms with Gasteiger partial charge in [-0.25, -0.2) is 4.79 Å².